The number of benzene rings is 1. The number of rotatable bonds is 5. The molecule has 0 saturated carbocycles. The normalized spacial score (nSPS) is 12.6. The number of hydrogen-bond acceptors (Lipinski definition) is 5. The number of methoxy groups -OCH3 is 2. The van der Waals surface area contributed by atoms with Gasteiger partial charge in [0.25, 0.3) is 0 Å². The van der Waals surface area contributed by atoms with Crippen LogP contribution in [-0.2, 0) is 19.6 Å². The number of hydrogen-bond donors (Lipinski definition) is 0. The molecule has 0 aliphatic carbocycles. The third kappa shape index (κ3) is 3.60. The first-order chi connectivity index (χ1) is 8.81. The molecule has 1 aromatic carbocycles. The van der Waals surface area contributed by atoms with Gasteiger partial charge in [-0.1, -0.05) is 0 Å². The van der Waals surface area contributed by atoms with Crippen LogP contribution in [0.2, 0.25) is 0 Å². The largest absolute Gasteiger partial charge is 0.497 e. The summed E-state index contributed by atoms with van der Waals surface area (Å²) in [5.41, 5.74) is 0.376. The smallest absolute Gasteiger partial charge is 0.329 e. The minimum absolute atomic E-state index is 0.376. The summed E-state index contributed by atoms with van der Waals surface area (Å²) in [6.07, 6.45) is 1.04. The van der Waals surface area contributed by atoms with E-state index in [0.29, 0.717) is 11.4 Å². The van der Waals surface area contributed by atoms with Crippen molar-refractivity contribution in [3.05, 3.63) is 24.3 Å². The molecule has 0 heterocycles. The van der Waals surface area contributed by atoms with Gasteiger partial charge in [0.1, 0.15) is 11.8 Å². The first-order valence-electron chi connectivity index (χ1n) is 5.52. The number of carbonyl (C=O) groups excluding carboxylic acids is 1. The summed E-state index contributed by atoms with van der Waals surface area (Å²) in [4.78, 5) is 11.5. The zero-order valence-corrected chi connectivity index (χ0v) is 12.1. The maximum Gasteiger partial charge on any atom is 0.329 e. The van der Waals surface area contributed by atoms with E-state index in [1.54, 1.807) is 24.3 Å². The summed E-state index contributed by atoms with van der Waals surface area (Å²) in [6, 6.07) is 5.45. The van der Waals surface area contributed by atoms with E-state index in [4.69, 9.17) is 4.74 Å². The molecule has 0 amide bonds. The van der Waals surface area contributed by atoms with E-state index >= 15 is 0 Å². The van der Waals surface area contributed by atoms with Gasteiger partial charge >= 0.3 is 5.97 Å². The highest BCUT2D eigenvalue weighted by molar-refractivity contribution is 7.92. The Balaban J connectivity index is 3.21. The van der Waals surface area contributed by atoms with Crippen molar-refractivity contribution in [2.24, 2.45) is 0 Å². The molecule has 0 spiro atoms. The van der Waals surface area contributed by atoms with Crippen LogP contribution in [0.25, 0.3) is 0 Å². The lowest BCUT2D eigenvalue weighted by Gasteiger charge is -2.27. The lowest BCUT2D eigenvalue weighted by Crippen LogP contribution is -2.43. The predicted octanol–water partition coefficient (Wildman–Crippen LogP) is 1.02. The molecule has 6 nitrogen and oxygen atoms in total. The van der Waals surface area contributed by atoms with Crippen LogP contribution >= 0.6 is 0 Å². The molecule has 0 aromatic heterocycles. The predicted molar refractivity (Wildman–Crippen MR) is 71.8 cm³/mol. The fraction of sp³-hybridized carbons (Fsp3) is 0.417. The third-order valence-corrected chi connectivity index (χ3v) is 3.82. The molecule has 0 radical (unpaired) electrons. The van der Waals surface area contributed by atoms with Crippen molar-refractivity contribution < 1.29 is 22.7 Å². The van der Waals surface area contributed by atoms with E-state index in [1.807, 2.05) is 0 Å². The van der Waals surface area contributed by atoms with Gasteiger partial charge in [0, 0.05) is 0 Å². The van der Waals surface area contributed by atoms with Gasteiger partial charge < -0.3 is 9.47 Å². The molecular formula is C12H17NO5S. The van der Waals surface area contributed by atoms with Crippen LogP contribution < -0.4 is 9.04 Å². The summed E-state index contributed by atoms with van der Waals surface area (Å²) < 4.78 is 34.3. The van der Waals surface area contributed by atoms with E-state index < -0.39 is 22.0 Å². The van der Waals surface area contributed by atoms with Crippen molar-refractivity contribution >= 4 is 21.7 Å². The van der Waals surface area contributed by atoms with Gasteiger partial charge in [0.15, 0.2) is 0 Å². The minimum Gasteiger partial charge on any atom is -0.497 e. The number of sulfonamides is 1. The van der Waals surface area contributed by atoms with Gasteiger partial charge in [-0.3, -0.25) is 4.31 Å². The number of anilines is 1. The average molecular weight is 287 g/mol. The van der Waals surface area contributed by atoms with Crippen LogP contribution in [0.4, 0.5) is 5.69 Å². The molecule has 0 fully saturated rings. The average Bonchev–Trinajstić information content (AvgIpc) is 2.37. The van der Waals surface area contributed by atoms with E-state index in [1.165, 1.54) is 21.1 Å². The first-order valence-corrected chi connectivity index (χ1v) is 7.37. The molecule has 0 saturated heterocycles. The molecule has 106 valence electrons. The molecule has 1 atom stereocenters. The summed E-state index contributed by atoms with van der Waals surface area (Å²) in [5, 5.41) is 0. The van der Waals surface area contributed by atoms with Gasteiger partial charge in [-0.05, 0) is 31.2 Å². The van der Waals surface area contributed by atoms with Crippen LogP contribution in [0.15, 0.2) is 24.3 Å². The van der Waals surface area contributed by atoms with E-state index in [9.17, 15) is 13.2 Å². The molecule has 1 aromatic rings. The lowest BCUT2D eigenvalue weighted by molar-refractivity contribution is -0.141. The maximum atomic E-state index is 11.8. The second kappa shape index (κ2) is 5.92. The van der Waals surface area contributed by atoms with Crippen molar-refractivity contribution in [1.82, 2.24) is 0 Å². The highest BCUT2D eigenvalue weighted by Gasteiger charge is 2.29. The summed E-state index contributed by atoms with van der Waals surface area (Å²) in [5.74, 6) is -0.0239. The fourth-order valence-electron chi connectivity index (χ4n) is 1.70. The number of nitrogens with zero attached hydrogens (tertiary/aromatic N) is 1. The summed E-state index contributed by atoms with van der Waals surface area (Å²) >= 11 is 0. The van der Waals surface area contributed by atoms with Crippen molar-refractivity contribution in [2.45, 2.75) is 13.0 Å². The van der Waals surface area contributed by atoms with Crippen LogP contribution in [0, 0.1) is 0 Å². The van der Waals surface area contributed by atoms with Crippen molar-refractivity contribution in [3.8, 4) is 5.75 Å². The lowest BCUT2D eigenvalue weighted by atomic mass is 10.2. The van der Waals surface area contributed by atoms with Crippen LogP contribution in [0.3, 0.4) is 0 Å². The zero-order chi connectivity index (χ0) is 14.6. The third-order valence-electron chi connectivity index (χ3n) is 2.58. The van der Waals surface area contributed by atoms with E-state index in [2.05, 4.69) is 4.74 Å². The van der Waals surface area contributed by atoms with Crippen LogP contribution in [0.5, 0.6) is 5.75 Å². The fourth-order valence-corrected chi connectivity index (χ4v) is 2.86. The molecule has 0 aliphatic rings. The van der Waals surface area contributed by atoms with Gasteiger partial charge in [0.05, 0.1) is 26.2 Å². The van der Waals surface area contributed by atoms with Gasteiger partial charge in [-0.25, -0.2) is 13.2 Å². The molecule has 0 N–H and O–H groups in total. The molecule has 1 rings (SSSR count). The van der Waals surface area contributed by atoms with Crippen LogP contribution in [-0.4, -0.2) is 40.9 Å². The summed E-state index contributed by atoms with van der Waals surface area (Å²) in [7, 11) is -0.870. The Kier molecular flexibility index (Phi) is 4.77. The molecule has 0 bridgehead atoms. The Morgan fingerprint density at radius 2 is 1.74 bits per heavy atom. The quantitative estimate of drug-likeness (QED) is 0.756. The van der Waals surface area contributed by atoms with E-state index in [0.717, 1.165) is 10.6 Å². The van der Waals surface area contributed by atoms with Gasteiger partial charge in [0.2, 0.25) is 10.0 Å². The topological polar surface area (TPSA) is 72.9 Å². The second-order valence-corrected chi connectivity index (χ2v) is 5.82. The Bertz CT molecular complexity index is 538. The molecule has 0 aliphatic heterocycles. The van der Waals surface area contributed by atoms with Crippen LogP contribution in [0.1, 0.15) is 6.92 Å². The zero-order valence-electron chi connectivity index (χ0n) is 11.3. The Labute approximate surface area is 113 Å². The van der Waals surface area contributed by atoms with Gasteiger partial charge in [-0.2, -0.15) is 0 Å². The highest BCUT2D eigenvalue weighted by atomic mass is 32.2. The Morgan fingerprint density at radius 1 is 1.21 bits per heavy atom. The molecule has 0 unspecified atom stereocenters. The summed E-state index contributed by atoms with van der Waals surface area (Å²) in [6.45, 7) is 1.47. The highest BCUT2D eigenvalue weighted by Crippen LogP contribution is 2.23. The minimum atomic E-state index is -3.60. The van der Waals surface area contributed by atoms with Crippen molar-refractivity contribution in [1.29, 1.82) is 0 Å². The number of carbonyl (C=O) groups is 1. The monoisotopic (exact) mass is 287 g/mol. The molecule has 7 heteroatoms. The SMILES string of the molecule is COC(=O)[C@H](C)N(c1ccc(OC)cc1)S(C)(=O)=O. The Morgan fingerprint density at radius 3 is 2.11 bits per heavy atom. The van der Waals surface area contributed by atoms with Crippen molar-refractivity contribution in [2.75, 3.05) is 24.8 Å². The second-order valence-electron chi connectivity index (χ2n) is 3.96. The van der Waals surface area contributed by atoms with E-state index in [-0.39, 0.29) is 0 Å². The molecule has 19 heavy (non-hydrogen) atoms. The Hall–Kier alpha value is -1.76. The maximum absolute atomic E-state index is 11.8. The van der Waals surface area contributed by atoms with Crippen molar-refractivity contribution in [3.63, 3.8) is 0 Å². The van der Waals surface area contributed by atoms with Gasteiger partial charge in [-0.15, -0.1) is 0 Å². The molecular weight excluding hydrogens is 270 g/mol. The first kappa shape index (κ1) is 15.3. The number of ether oxygens (including phenoxy) is 2. The number of esters is 1. The standard InChI is InChI=1S/C12H17NO5S/c1-9(12(14)18-3)13(19(4,15)16)10-5-7-11(17-2)8-6-10/h5-9H,1-4H3/t9-/m0/s1.